The molecule has 8 nitrogen and oxygen atoms in total. The molecule has 8 heteroatoms. The zero-order valence-corrected chi connectivity index (χ0v) is 16.2. The Morgan fingerprint density at radius 2 is 1.93 bits per heavy atom. The molecule has 0 atom stereocenters. The van der Waals surface area contributed by atoms with E-state index in [0.717, 1.165) is 51.1 Å². The highest BCUT2D eigenvalue weighted by Gasteiger charge is 2.38. The molecule has 0 radical (unpaired) electrons. The van der Waals surface area contributed by atoms with Crippen molar-refractivity contribution in [2.45, 2.75) is 50.6 Å². The molecule has 1 saturated heterocycles. The smallest absolute Gasteiger partial charge is 0.317 e. The Labute approximate surface area is 165 Å². The summed E-state index contributed by atoms with van der Waals surface area (Å²) >= 11 is 0. The second-order valence-electron chi connectivity index (χ2n) is 8.42. The van der Waals surface area contributed by atoms with Gasteiger partial charge in [-0.05, 0) is 44.4 Å². The third-order valence-electron chi connectivity index (χ3n) is 6.24. The molecule has 152 valence electrons. The fourth-order valence-corrected chi connectivity index (χ4v) is 4.30. The van der Waals surface area contributed by atoms with E-state index in [0.29, 0.717) is 12.0 Å². The second-order valence-corrected chi connectivity index (χ2v) is 8.42. The van der Waals surface area contributed by atoms with Crippen molar-refractivity contribution in [1.29, 1.82) is 0 Å². The van der Waals surface area contributed by atoms with Crippen molar-refractivity contribution >= 4 is 17.7 Å². The van der Waals surface area contributed by atoms with Crippen molar-refractivity contribution in [3.05, 3.63) is 18.6 Å². The van der Waals surface area contributed by atoms with Gasteiger partial charge in [0.05, 0.1) is 12.7 Å². The molecule has 2 heterocycles. The molecule has 2 aliphatic carbocycles. The highest BCUT2D eigenvalue weighted by Crippen LogP contribution is 2.34. The van der Waals surface area contributed by atoms with Crippen LogP contribution in [0.4, 0.5) is 5.82 Å². The van der Waals surface area contributed by atoms with E-state index in [2.05, 4.69) is 25.1 Å². The topological polar surface area (TPSA) is 98.7 Å². The number of carboxylic acid groups (broad SMARTS) is 1. The maximum absolute atomic E-state index is 12.6. The van der Waals surface area contributed by atoms with Crippen LogP contribution >= 0.6 is 0 Å². The lowest BCUT2D eigenvalue weighted by Gasteiger charge is -2.43. The molecule has 2 saturated carbocycles. The van der Waals surface area contributed by atoms with Gasteiger partial charge < -0.3 is 15.3 Å². The van der Waals surface area contributed by atoms with Gasteiger partial charge in [-0.1, -0.05) is 0 Å². The van der Waals surface area contributed by atoms with Crippen LogP contribution in [0.15, 0.2) is 18.6 Å². The van der Waals surface area contributed by atoms with Gasteiger partial charge in [-0.3, -0.25) is 19.5 Å². The number of anilines is 1. The normalized spacial score (nSPS) is 25.4. The summed E-state index contributed by atoms with van der Waals surface area (Å²) < 4.78 is 0. The third kappa shape index (κ3) is 4.79. The quantitative estimate of drug-likeness (QED) is 0.690. The van der Waals surface area contributed by atoms with Crippen molar-refractivity contribution in [1.82, 2.24) is 20.2 Å². The number of aromatic nitrogens is 2. The number of amides is 1. The van der Waals surface area contributed by atoms with Crippen molar-refractivity contribution < 1.29 is 14.7 Å². The Morgan fingerprint density at radius 3 is 2.54 bits per heavy atom. The maximum atomic E-state index is 12.6. The first-order valence-corrected chi connectivity index (χ1v) is 10.4. The molecular weight excluding hydrogens is 358 g/mol. The Morgan fingerprint density at radius 1 is 1.18 bits per heavy atom. The van der Waals surface area contributed by atoms with Crippen molar-refractivity contribution in [2.75, 3.05) is 31.1 Å². The molecule has 3 aliphatic rings. The molecule has 3 fully saturated rings. The molecule has 1 amide bonds. The van der Waals surface area contributed by atoms with E-state index in [1.165, 1.54) is 12.8 Å². The predicted octanol–water partition coefficient (Wildman–Crippen LogP) is 1.14. The fourth-order valence-electron chi connectivity index (χ4n) is 4.30. The van der Waals surface area contributed by atoms with Gasteiger partial charge >= 0.3 is 5.97 Å². The molecule has 1 aromatic rings. The lowest BCUT2D eigenvalue weighted by Crippen LogP contribution is -2.56. The summed E-state index contributed by atoms with van der Waals surface area (Å²) in [4.78, 5) is 36.5. The minimum atomic E-state index is -0.761. The van der Waals surface area contributed by atoms with Crippen LogP contribution in [0.1, 0.15) is 38.5 Å². The molecule has 28 heavy (non-hydrogen) atoms. The predicted molar refractivity (Wildman–Crippen MR) is 104 cm³/mol. The summed E-state index contributed by atoms with van der Waals surface area (Å²) in [6, 6.07) is 0.478. The van der Waals surface area contributed by atoms with Gasteiger partial charge in [0.15, 0.2) is 0 Å². The second kappa shape index (κ2) is 8.43. The van der Waals surface area contributed by atoms with Crippen LogP contribution in [0.2, 0.25) is 0 Å². The number of rotatable bonds is 8. The summed E-state index contributed by atoms with van der Waals surface area (Å²) in [6.45, 7) is 2.64. The number of nitrogens with one attached hydrogen (secondary N) is 1. The minimum absolute atomic E-state index is 0.0496. The summed E-state index contributed by atoms with van der Waals surface area (Å²) in [6.07, 6.45) is 10.9. The zero-order valence-electron chi connectivity index (χ0n) is 16.2. The Bertz CT molecular complexity index is 682. The van der Waals surface area contributed by atoms with Crippen molar-refractivity contribution in [2.24, 2.45) is 11.8 Å². The number of aliphatic carboxylic acids is 1. The maximum Gasteiger partial charge on any atom is 0.317 e. The molecule has 0 unspecified atom stereocenters. The van der Waals surface area contributed by atoms with Crippen LogP contribution in [0.5, 0.6) is 0 Å². The number of carbonyl (C=O) groups excluding carboxylic acids is 1. The van der Waals surface area contributed by atoms with E-state index in [-0.39, 0.29) is 24.4 Å². The van der Waals surface area contributed by atoms with Gasteiger partial charge in [0.25, 0.3) is 0 Å². The van der Waals surface area contributed by atoms with Crippen LogP contribution in [0.25, 0.3) is 0 Å². The lowest BCUT2D eigenvalue weighted by molar-refractivity contribution is -0.140. The first kappa shape index (κ1) is 19.1. The molecule has 0 bridgehead atoms. The molecule has 1 aromatic heterocycles. The third-order valence-corrected chi connectivity index (χ3v) is 6.24. The number of hydrogen-bond acceptors (Lipinski definition) is 6. The van der Waals surface area contributed by atoms with E-state index in [1.807, 2.05) is 0 Å². The molecule has 0 spiro atoms. The standard InChI is InChI=1S/C20H29N5O3/c26-19(27)13-25(12-14-1-2-14)17-9-16(10-17)23-20(28)15-3-7-24(8-4-15)18-11-21-5-6-22-18/h5-6,11,14-17H,1-4,7-10,12-13H2,(H,23,28)(H,26,27). The first-order valence-electron chi connectivity index (χ1n) is 10.4. The van der Waals surface area contributed by atoms with Crippen molar-refractivity contribution in [3.8, 4) is 0 Å². The number of carboxylic acids is 1. The van der Waals surface area contributed by atoms with E-state index in [4.69, 9.17) is 5.11 Å². The lowest BCUT2D eigenvalue weighted by atomic mass is 9.84. The van der Waals surface area contributed by atoms with Crippen LogP contribution in [-0.2, 0) is 9.59 Å². The summed E-state index contributed by atoms with van der Waals surface area (Å²) in [5.74, 6) is 0.982. The summed E-state index contributed by atoms with van der Waals surface area (Å²) in [5.41, 5.74) is 0. The first-order chi connectivity index (χ1) is 13.6. The molecule has 1 aliphatic heterocycles. The van der Waals surface area contributed by atoms with Crippen LogP contribution < -0.4 is 10.2 Å². The molecule has 2 N–H and O–H groups in total. The molecular formula is C20H29N5O3. The SMILES string of the molecule is O=C(O)CN(CC1CC1)C1CC(NC(=O)C2CCN(c3cnccn3)CC2)C1. The largest absolute Gasteiger partial charge is 0.480 e. The van der Waals surface area contributed by atoms with Gasteiger partial charge in [0.2, 0.25) is 5.91 Å². The number of carbonyl (C=O) groups is 2. The van der Waals surface area contributed by atoms with E-state index in [1.54, 1.807) is 18.6 Å². The monoisotopic (exact) mass is 387 g/mol. The Kier molecular flexibility index (Phi) is 5.75. The minimum Gasteiger partial charge on any atom is -0.480 e. The van der Waals surface area contributed by atoms with E-state index in [9.17, 15) is 9.59 Å². The average Bonchev–Trinajstić information content (AvgIpc) is 3.48. The zero-order chi connectivity index (χ0) is 19.5. The van der Waals surface area contributed by atoms with E-state index >= 15 is 0 Å². The van der Waals surface area contributed by atoms with E-state index < -0.39 is 5.97 Å². The number of nitrogens with zero attached hydrogens (tertiary/aromatic N) is 4. The Hall–Kier alpha value is -2.22. The average molecular weight is 387 g/mol. The van der Waals surface area contributed by atoms with Gasteiger partial charge in [0, 0.05) is 50.0 Å². The van der Waals surface area contributed by atoms with Gasteiger partial charge in [-0.25, -0.2) is 4.98 Å². The van der Waals surface area contributed by atoms with Gasteiger partial charge in [-0.15, -0.1) is 0 Å². The molecule has 4 rings (SSSR count). The fraction of sp³-hybridized carbons (Fsp3) is 0.700. The number of piperidine rings is 1. The highest BCUT2D eigenvalue weighted by atomic mass is 16.4. The van der Waals surface area contributed by atoms with Crippen LogP contribution in [0, 0.1) is 11.8 Å². The number of hydrogen-bond donors (Lipinski definition) is 2. The van der Waals surface area contributed by atoms with Gasteiger partial charge in [-0.2, -0.15) is 0 Å². The molecule has 0 aromatic carbocycles. The van der Waals surface area contributed by atoms with Gasteiger partial charge in [0.1, 0.15) is 5.82 Å². The Balaban J connectivity index is 1.19. The van der Waals surface area contributed by atoms with Crippen molar-refractivity contribution in [3.63, 3.8) is 0 Å². The highest BCUT2D eigenvalue weighted by molar-refractivity contribution is 5.79. The van der Waals surface area contributed by atoms with Crippen LogP contribution in [-0.4, -0.2) is 70.1 Å². The summed E-state index contributed by atoms with van der Waals surface area (Å²) in [5, 5.41) is 12.3. The summed E-state index contributed by atoms with van der Waals surface area (Å²) in [7, 11) is 0. The van der Waals surface area contributed by atoms with Crippen LogP contribution in [0.3, 0.4) is 0 Å².